The summed E-state index contributed by atoms with van der Waals surface area (Å²) in [5.41, 5.74) is 3.43. The molecule has 2 aromatic carbocycles. The molecule has 5 aliphatic rings. The van der Waals surface area contributed by atoms with E-state index in [-0.39, 0.29) is 24.3 Å². The van der Waals surface area contributed by atoms with Gasteiger partial charge in [-0.05, 0) is 34.9 Å². The lowest BCUT2D eigenvalue weighted by molar-refractivity contribution is -0.154. The topological polar surface area (TPSA) is 106 Å². The number of hydrogen-bond donors (Lipinski definition) is 3. The number of ether oxygens (including phenoxy) is 3. The van der Waals surface area contributed by atoms with Gasteiger partial charge in [0.05, 0.1) is 12.7 Å². The average molecular weight is 626 g/mol. The number of alkyl halides is 3. The van der Waals surface area contributed by atoms with Crippen LogP contribution in [-0.4, -0.2) is 91.2 Å². The lowest BCUT2D eigenvalue weighted by Gasteiger charge is -2.31. The van der Waals surface area contributed by atoms with Gasteiger partial charge in [0.1, 0.15) is 18.2 Å². The van der Waals surface area contributed by atoms with Gasteiger partial charge in [0.2, 0.25) is 5.95 Å². The van der Waals surface area contributed by atoms with E-state index in [9.17, 15) is 13.2 Å². The second kappa shape index (κ2) is 15.7. The smallest absolute Gasteiger partial charge is 0.422 e. The average Bonchev–Trinajstić information content (AvgIpc) is 3.03. The zero-order chi connectivity index (χ0) is 31.5. The molecule has 1 unspecified atom stereocenters. The van der Waals surface area contributed by atoms with Crippen LogP contribution in [-0.2, 0) is 17.7 Å². The van der Waals surface area contributed by atoms with Gasteiger partial charge in [-0.2, -0.15) is 28.1 Å². The van der Waals surface area contributed by atoms with Gasteiger partial charge in [0.15, 0.2) is 6.61 Å². The van der Waals surface area contributed by atoms with Gasteiger partial charge in [-0.1, -0.05) is 49.1 Å². The quantitative estimate of drug-likeness (QED) is 0.371. The Labute approximate surface area is 260 Å². The maximum Gasteiger partial charge on any atom is 0.422 e. The summed E-state index contributed by atoms with van der Waals surface area (Å²) in [5, 5.41) is 9.87. The molecule has 3 aromatic rings. The SMILES string of the molecule is C=C1NCC(CN2CCNCC2)OC/C=C/COc2ccc(cc2)CNc2nc(nc(OCC(F)(F)F)n2)Cc2ccc1cc2. The molecule has 6 heterocycles. The van der Waals surface area contributed by atoms with E-state index in [1.54, 1.807) is 0 Å². The third-order valence-electron chi connectivity index (χ3n) is 7.22. The molecular formula is C32H38F3N7O3. The Morgan fingerprint density at radius 2 is 1.64 bits per heavy atom. The zero-order valence-electron chi connectivity index (χ0n) is 25.0. The normalized spacial score (nSPS) is 19.5. The molecule has 45 heavy (non-hydrogen) atoms. The van der Waals surface area contributed by atoms with Crippen LogP contribution >= 0.6 is 0 Å². The first-order valence-corrected chi connectivity index (χ1v) is 14.9. The second-order valence-corrected chi connectivity index (χ2v) is 10.8. The van der Waals surface area contributed by atoms with Crippen LogP contribution in [0, 0.1) is 0 Å². The number of hydrogen-bond acceptors (Lipinski definition) is 10. The van der Waals surface area contributed by atoms with Gasteiger partial charge in [-0.3, -0.25) is 4.90 Å². The van der Waals surface area contributed by atoms with Gasteiger partial charge in [0.25, 0.3) is 0 Å². The lowest BCUT2D eigenvalue weighted by Crippen LogP contribution is -2.48. The van der Waals surface area contributed by atoms with Crippen molar-refractivity contribution in [2.24, 2.45) is 0 Å². The number of aromatic nitrogens is 3. The van der Waals surface area contributed by atoms with E-state index in [2.05, 4.69) is 42.4 Å². The van der Waals surface area contributed by atoms with Crippen molar-refractivity contribution in [2.75, 3.05) is 64.4 Å². The Bertz CT molecular complexity index is 1410. The highest BCUT2D eigenvalue weighted by atomic mass is 19.4. The minimum atomic E-state index is -4.53. The molecule has 0 saturated carbocycles. The van der Waals surface area contributed by atoms with E-state index in [1.165, 1.54) is 0 Å². The van der Waals surface area contributed by atoms with Crippen LogP contribution in [0.1, 0.15) is 22.5 Å². The standard InChI is InChI=1S/C32H38F3N7O3/c1-23-26-8-4-24(5-9-26)18-29-39-30(41-31(40-29)45-22-32(33,34)35)38-19-25-6-10-27(11-7-25)43-16-2-3-17-44-28(20-37-23)21-42-14-12-36-13-15-42/h2-11,28,36-37H,1,12-22H2,(H,38,39,40,41)/b3-2+. The van der Waals surface area contributed by atoms with Crippen molar-refractivity contribution in [3.8, 4) is 11.8 Å². The number of anilines is 1. The van der Waals surface area contributed by atoms with E-state index in [1.807, 2.05) is 60.7 Å². The minimum absolute atomic E-state index is 0.0526. The predicted octanol–water partition coefficient (Wildman–Crippen LogP) is 3.81. The number of rotatable bonds is 4. The third-order valence-corrected chi connectivity index (χ3v) is 7.22. The molecule has 13 heteroatoms. The second-order valence-electron chi connectivity index (χ2n) is 10.8. The van der Waals surface area contributed by atoms with Crippen LogP contribution in [0.2, 0.25) is 0 Å². The number of benzene rings is 2. The Balaban J connectivity index is 1.34. The monoisotopic (exact) mass is 625 g/mol. The lowest BCUT2D eigenvalue weighted by atomic mass is 10.1. The molecular weight excluding hydrogens is 587 g/mol. The van der Waals surface area contributed by atoms with Crippen molar-refractivity contribution in [3.63, 3.8) is 0 Å². The highest BCUT2D eigenvalue weighted by molar-refractivity contribution is 5.61. The van der Waals surface area contributed by atoms with E-state index < -0.39 is 18.8 Å². The van der Waals surface area contributed by atoms with Crippen molar-refractivity contribution in [3.05, 3.63) is 89.8 Å². The number of nitrogens with zero attached hydrogens (tertiary/aromatic N) is 4. The van der Waals surface area contributed by atoms with E-state index in [0.717, 1.165) is 55.1 Å². The van der Waals surface area contributed by atoms with Gasteiger partial charge in [-0.15, -0.1) is 0 Å². The largest absolute Gasteiger partial charge is 0.490 e. The van der Waals surface area contributed by atoms with Crippen LogP contribution in [0.4, 0.5) is 19.1 Å². The first-order chi connectivity index (χ1) is 21.8. The molecule has 240 valence electrons. The van der Waals surface area contributed by atoms with Crippen molar-refractivity contribution < 1.29 is 27.4 Å². The number of halogens is 3. The molecule has 8 rings (SSSR count). The highest BCUT2D eigenvalue weighted by Crippen LogP contribution is 2.20. The fourth-order valence-corrected chi connectivity index (χ4v) is 4.83. The Hall–Kier alpha value is -4.20. The summed E-state index contributed by atoms with van der Waals surface area (Å²) < 4.78 is 55.5. The Kier molecular flexibility index (Phi) is 11.2. The van der Waals surface area contributed by atoms with Crippen LogP contribution < -0.4 is 25.4 Å². The number of piperazine rings is 1. The van der Waals surface area contributed by atoms with Gasteiger partial charge in [0, 0.05) is 57.9 Å². The van der Waals surface area contributed by atoms with E-state index in [0.29, 0.717) is 32.1 Å². The molecule has 0 aliphatic carbocycles. The molecule has 0 spiro atoms. The molecule has 6 bridgehead atoms. The molecule has 1 atom stereocenters. The van der Waals surface area contributed by atoms with Gasteiger partial charge >= 0.3 is 12.2 Å². The van der Waals surface area contributed by atoms with Crippen molar-refractivity contribution >= 4 is 11.6 Å². The minimum Gasteiger partial charge on any atom is -0.490 e. The van der Waals surface area contributed by atoms with Crippen LogP contribution in [0.25, 0.3) is 5.70 Å². The zero-order valence-corrected chi connectivity index (χ0v) is 25.0. The first kappa shape index (κ1) is 32.2. The van der Waals surface area contributed by atoms with E-state index >= 15 is 0 Å². The van der Waals surface area contributed by atoms with Crippen LogP contribution in [0.3, 0.4) is 0 Å². The van der Waals surface area contributed by atoms with Crippen molar-refractivity contribution in [1.29, 1.82) is 0 Å². The fraction of sp³-hybridized carbons (Fsp3) is 0.406. The summed E-state index contributed by atoms with van der Waals surface area (Å²) in [5.74, 6) is 1.09. The summed E-state index contributed by atoms with van der Waals surface area (Å²) >= 11 is 0. The summed E-state index contributed by atoms with van der Waals surface area (Å²) in [6.07, 6.45) is -0.420. The summed E-state index contributed by atoms with van der Waals surface area (Å²) in [6.45, 7) is 9.15. The Morgan fingerprint density at radius 1 is 0.911 bits per heavy atom. The molecule has 1 saturated heterocycles. The fourth-order valence-electron chi connectivity index (χ4n) is 4.83. The molecule has 3 N–H and O–H groups in total. The van der Waals surface area contributed by atoms with Gasteiger partial charge in [-0.25, -0.2) is 0 Å². The summed E-state index contributed by atoms with van der Waals surface area (Å²) in [4.78, 5) is 15.0. The maximum atomic E-state index is 12.9. The van der Waals surface area contributed by atoms with Crippen molar-refractivity contribution in [1.82, 2.24) is 30.5 Å². The molecule has 1 fully saturated rings. The molecule has 0 radical (unpaired) electrons. The van der Waals surface area contributed by atoms with E-state index in [4.69, 9.17) is 14.2 Å². The summed E-state index contributed by atoms with van der Waals surface area (Å²) in [7, 11) is 0. The van der Waals surface area contributed by atoms with Crippen LogP contribution in [0.5, 0.6) is 11.8 Å². The number of nitrogens with one attached hydrogen (secondary N) is 3. The van der Waals surface area contributed by atoms with Gasteiger partial charge < -0.3 is 30.2 Å². The molecule has 5 aliphatic heterocycles. The van der Waals surface area contributed by atoms with Crippen molar-refractivity contribution in [2.45, 2.75) is 25.2 Å². The first-order valence-electron chi connectivity index (χ1n) is 14.9. The third kappa shape index (κ3) is 10.7. The maximum absolute atomic E-state index is 12.9. The summed E-state index contributed by atoms with van der Waals surface area (Å²) in [6, 6.07) is 14.8. The highest BCUT2D eigenvalue weighted by Gasteiger charge is 2.29. The Morgan fingerprint density at radius 3 is 2.40 bits per heavy atom. The molecule has 0 amide bonds. The van der Waals surface area contributed by atoms with Crippen LogP contribution in [0.15, 0.2) is 67.3 Å². The molecule has 1 aromatic heterocycles. The predicted molar refractivity (Wildman–Crippen MR) is 165 cm³/mol. The molecule has 10 nitrogen and oxygen atoms in total.